The van der Waals surface area contributed by atoms with Gasteiger partial charge in [0, 0.05) is 39.5 Å². The van der Waals surface area contributed by atoms with E-state index < -0.39 is 5.41 Å². The Morgan fingerprint density at radius 1 is 0.218 bits per heavy atom. The van der Waals surface area contributed by atoms with Gasteiger partial charge in [-0.05, 0) is 362 Å². The minimum Gasteiger partial charge on any atom is -0.489 e. The van der Waals surface area contributed by atoms with Crippen molar-refractivity contribution >= 4 is 50.8 Å². The Bertz CT molecular complexity index is 5780. The Morgan fingerprint density at radius 2 is 0.437 bits per heavy atom. The van der Waals surface area contributed by atoms with Crippen LogP contribution in [-0.4, -0.2) is 0 Å². The maximum Gasteiger partial charge on any atom is 0.119 e. The summed E-state index contributed by atoms with van der Waals surface area (Å²) >= 11 is 0. The van der Waals surface area contributed by atoms with Crippen LogP contribution < -0.4 is 30.2 Å². The lowest BCUT2D eigenvalue weighted by Crippen LogP contribution is -2.25. The standard InChI is InChI=1S/C113H93N3O3/c1-113(86-41-59-95(60-42-86)117-71-74-26-47-89(48-27-74)114-92-53-32-77(33-54-92)83-38-65-101-98-20-8-11-23-104(98)110(107(101)68-83)80-14-2-3-15-80,87-43-61-96(62-44-87)118-72-75-28-49-90(50-29-75)115-93-55-34-78(35-56-93)84-39-66-102-99-21-9-12-24-105(99)111(108(102)69-84)81-16-4-5-17-81)88-45-63-97(64-46-88)119-73-76-30-51-91(52-31-76)116-94-57-36-79(37-58-94)85-40-67-103-100-22-10-13-25-106(100)112(109(103)70-85)82-18-6-7-19-82/h8-13,20-70,114-116H,2-7,14-19,71-73H2,1H3. The summed E-state index contributed by atoms with van der Waals surface area (Å²) < 4.78 is 19.6. The number of anilines is 6. The Morgan fingerprint density at radius 3 is 0.689 bits per heavy atom. The van der Waals surface area contributed by atoms with Gasteiger partial charge in [0.1, 0.15) is 37.1 Å². The highest BCUT2D eigenvalue weighted by Crippen LogP contribution is 2.54. The van der Waals surface area contributed by atoms with E-state index in [1.165, 1.54) is 194 Å². The molecule has 578 valence electrons. The van der Waals surface area contributed by atoms with Gasteiger partial charge in [0.2, 0.25) is 0 Å². The molecular formula is C113H93N3O3. The molecule has 6 heteroatoms. The average molecular weight is 1540 g/mol. The normalized spacial score (nSPS) is 14.2. The van der Waals surface area contributed by atoms with Crippen molar-refractivity contribution < 1.29 is 14.2 Å². The fourth-order valence-corrected chi connectivity index (χ4v) is 19.5. The highest BCUT2D eigenvalue weighted by atomic mass is 16.5. The summed E-state index contributed by atoms with van der Waals surface area (Å²) in [7, 11) is 0. The van der Waals surface area contributed by atoms with Gasteiger partial charge in [0.05, 0.1) is 0 Å². The Hall–Kier alpha value is -13.7. The van der Waals surface area contributed by atoms with E-state index in [9.17, 15) is 0 Å². The first-order chi connectivity index (χ1) is 58.8. The number of rotatable bonds is 21. The molecule has 15 aromatic carbocycles. The molecule has 6 aliphatic rings. The Balaban J connectivity index is 0.471. The van der Waals surface area contributed by atoms with Gasteiger partial charge >= 0.3 is 0 Å². The molecule has 0 saturated heterocycles. The van der Waals surface area contributed by atoms with Gasteiger partial charge in [-0.2, -0.15) is 0 Å². The number of benzene rings is 15. The number of nitrogens with one attached hydrogen (secondary N) is 3. The second-order valence-corrected chi connectivity index (χ2v) is 33.2. The highest BCUT2D eigenvalue weighted by Gasteiger charge is 2.34. The third-order valence-electron chi connectivity index (χ3n) is 25.9. The second-order valence-electron chi connectivity index (χ2n) is 33.2. The van der Waals surface area contributed by atoms with Crippen molar-refractivity contribution in [2.75, 3.05) is 16.0 Å². The van der Waals surface area contributed by atoms with Crippen LogP contribution in [0.1, 0.15) is 151 Å². The summed E-state index contributed by atoms with van der Waals surface area (Å²) in [6.07, 6.45) is 14.9. The van der Waals surface area contributed by atoms with Crippen LogP contribution >= 0.6 is 0 Å². The smallest absolute Gasteiger partial charge is 0.119 e. The average Bonchev–Trinajstić information content (AvgIpc) is 1.53. The number of allylic oxidation sites excluding steroid dienone is 3. The zero-order valence-corrected chi connectivity index (χ0v) is 67.2. The molecule has 0 amide bonds. The van der Waals surface area contributed by atoms with Crippen LogP contribution in [-0.2, 0) is 25.2 Å². The van der Waals surface area contributed by atoms with Gasteiger partial charge in [-0.15, -0.1) is 0 Å². The summed E-state index contributed by atoms with van der Waals surface area (Å²) in [5.41, 5.74) is 45.4. The molecule has 119 heavy (non-hydrogen) atoms. The molecule has 0 heterocycles. The minimum absolute atomic E-state index is 0.434. The molecule has 6 aliphatic carbocycles. The first kappa shape index (κ1) is 73.0. The van der Waals surface area contributed by atoms with Crippen LogP contribution in [0.3, 0.4) is 0 Å². The third-order valence-corrected chi connectivity index (χ3v) is 25.9. The predicted octanol–water partition coefficient (Wildman–Crippen LogP) is 30.1. The summed E-state index contributed by atoms with van der Waals surface area (Å²) in [4.78, 5) is 0. The van der Waals surface area contributed by atoms with E-state index in [4.69, 9.17) is 14.2 Å². The minimum atomic E-state index is -0.562. The topological polar surface area (TPSA) is 63.8 Å². The molecule has 6 nitrogen and oxygen atoms in total. The molecule has 0 atom stereocenters. The SMILES string of the molecule is CC(c1ccc(OCc2ccc(Nc3ccc(-c4ccc5c(c4)C(=C4CCCC4)c4ccccc4-5)cc3)cc2)cc1)(c1ccc(OCc2ccc(Nc3ccc(-c4ccc5c(c4)C(=C4CCCC4)c4ccccc4-5)cc3)cc2)cc1)c1ccc(OCc2ccc(Nc3ccc(-c4ccc5c(c4)C(=C4CCCC4)c4ccccc4-5)cc3)cc2)cc1. The van der Waals surface area contributed by atoms with E-state index in [0.717, 1.165) is 84.8 Å². The maximum absolute atomic E-state index is 6.52. The number of ether oxygens (including phenoxy) is 3. The molecule has 0 unspecified atom stereocenters. The fraction of sp³-hybridized carbons (Fsp3) is 0.150. The Kier molecular flexibility index (Phi) is 19.5. The lowest BCUT2D eigenvalue weighted by atomic mass is 9.71. The van der Waals surface area contributed by atoms with Crippen molar-refractivity contribution in [2.24, 2.45) is 0 Å². The second kappa shape index (κ2) is 31.7. The van der Waals surface area contributed by atoms with Crippen molar-refractivity contribution in [1.82, 2.24) is 0 Å². The van der Waals surface area contributed by atoms with Crippen molar-refractivity contribution in [1.29, 1.82) is 0 Å². The molecule has 0 bridgehead atoms. The van der Waals surface area contributed by atoms with Crippen molar-refractivity contribution in [3.63, 3.8) is 0 Å². The van der Waals surface area contributed by atoms with Gasteiger partial charge in [0.25, 0.3) is 0 Å². The van der Waals surface area contributed by atoms with E-state index >= 15 is 0 Å². The van der Waals surface area contributed by atoms with Gasteiger partial charge in [-0.1, -0.05) is 235 Å². The lowest BCUT2D eigenvalue weighted by molar-refractivity contribution is 0.306. The van der Waals surface area contributed by atoms with E-state index in [1.807, 2.05) is 0 Å². The van der Waals surface area contributed by atoms with Gasteiger partial charge < -0.3 is 30.2 Å². The monoisotopic (exact) mass is 1540 g/mol. The molecule has 0 spiro atoms. The largest absolute Gasteiger partial charge is 0.489 e. The molecule has 0 aliphatic heterocycles. The van der Waals surface area contributed by atoms with E-state index in [-0.39, 0.29) is 0 Å². The molecule has 15 aromatic rings. The van der Waals surface area contributed by atoms with Crippen molar-refractivity contribution in [2.45, 2.75) is 109 Å². The van der Waals surface area contributed by atoms with Crippen LogP contribution in [0.2, 0.25) is 0 Å². The molecule has 3 saturated carbocycles. The van der Waals surface area contributed by atoms with Gasteiger partial charge in [-0.25, -0.2) is 0 Å². The van der Waals surface area contributed by atoms with E-state index in [2.05, 4.69) is 369 Å². The van der Waals surface area contributed by atoms with Crippen molar-refractivity contribution in [3.05, 3.63) is 429 Å². The quantitative estimate of drug-likeness (QED) is 0.0623. The number of hydrogen-bond acceptors (Lipinski definition) is 6. The fourth-order valence-electron chi connectivity index (χ4n) is 19.5. The molecule has 0 aromatic heterocycles. The zero-order valence-electron chi connectivity index (χ0n) is 67.2. The van der Waals surface area contributed by atoms with Crippen LogP contribution in [0.4, 0.5) is 34.1 Å². The van der Waals surface area contributed by atoms with Crippen molar-refractivity contribution in [3.8, 4) is 84.0 Å². The summed E-state index contributed by atoms with van der Waals surface area (Å²) in [5.74, 6) is 2.40. The molecular weight excluding hydrogens is 1450 g/mol. The van der Waals surface area contributed by atoms with Gasteiger partial charge in [0.15, 0.2) is 0 Å². The number of fused-ring (bicyclic) bond motifs is 9. The zero-order chi connectivity index (χ0) is 79.2. The van der Waals surface area contributed by atoms with Crippen LogP contribution in [0.5, 0.6) is 17.2 Å². The van der Waals surface area contributed by atoms with E-state index in [0.29, 0.717) is 19.8 Å². The molecule has 0 radical (unpaired) electrons. The highest BCUT2D eigenvalue weighted by molar-refractivity contribution is 6.06. The lowest BCUT2D eigenvalue weighted by Gasteiger charge is -2.32. The first-order valence-corrected chi connectivity index (χ1v) is 42.7. The molecule has 3 fully saturated rings. The molecule has 21 rings (SSSR count). The predicted molar refractivity (Wildman–Crippen MR) is 492 cm³/mol. The summed E-state index contributed by atoms with van der Waals surface area (Å²) in [5, 5.41) is 10.9. The van der Waals surface area contributed by atoms with Crippen LogP contribution in [0, 0.1) is 0 Å². The van der Waals surface area contributed by atoms with Crippen LogP contribution in [0.25, 0.3) is 83.5 Å². The van der Waals surface area contributed by atoms with Crippen LogP contribution in [0.15, 0.2) is 363 Å². The maximum atomic E-state index is 6.52. The summed E-state index contributed by atoms with van der Waals surface area (Å²) in [6, 6.07) is 126. The van der Waals surface area contributed by atoms with Gasteiger partial charge in [-0.3, -0.25) is 0 Å². The molecule has 3 N–H and O–H groups in total. The third kappa shape index (κ3) is 14.5. The summed E-state index contributed by atoms with van der Waals surface area (Å²) in [6.45, 7) is 3.61. The number of hydrogen-bond donors (Lipinski definition) is 3. The first-order valence-electron chi connectivity index (χ1n) is 42.7. The Labute approximate surface area is 699 Å². The van der Waals surface area contributed by atoms with E-state index in [1.54, 1.807) is 16.7 Å².